The van der Waals surface area contributed by atoms with E-state index in [1.54, 1.807) is 17.9 Å². The van der Waals surface area contributed by atoms with Gasteiger partial charge in [0.1, 0.15) is 17.6 Å². The van der Waals surface area contributed by atoms with E-state index in [-0.39, 0.29) is 11.9 Å². The van der Waals surface area contributed by atoms with Crippen LogP contribution in [0.3, 0.4) is 0 Å². The van der Waals surface area contributed by atoms with Crippen molar-refractivity contribution in [2.75, 3.05) is 38.2 Å². The number of piperazine rings is 1. The Labute approximate surface area is 211 Å². The van der Waals surface area contributed by atoms with E-state index in [1.807, 2.05) is 36.4 Å². The fourth-order valence-electron chi connectivity index (χ4n) is 4.92. The molecule has 2 heterocycles. The molecule has 7 nitrogen and oxygen atoms in total. The molecule has 0 N–H and O–H groups in total. The zero-order valence-electron chi connectivity index (χ0n) is 20.9. The van der Waals surface area contributed by atoms with Crippen molar-refractivity contribution in [3.05, 3.63) is 101 Å². The number of halogens is 1. The topological polar surface area (TPSA) is 59.3 Å². The molecule has 0 aliphatic carbocycles. The summed E-state index contributed by atoms with van der Waals surface area (Å²) in [6, 6.07) is 20.8. The van der Waals surface area contributed by atoms with Crippen molar-refractivity contribution in [3.8, 4) is 5.75 Å². The molecule has 0 radical (unpaired) electrons. The average Bonchev–Trinajstić information content (AvgIpc) is 3.35. The molecule has 0 unspecified atom stereocenters. The molecule has 0 saturated carbocycles. The summed E-state index contributed by atoms with van der Waals surface area (Å²) in [5, 5.41) is 12.7. The highest BCUT2D eigenvalue weighted by Crippen LogP contribution is 2.32. The minimum absolute atomic E-state index is 0.251. The Bertz CT molecular complexity index is 1310. The van der Waals surface area contributed by atoms with Gasteiger partial charge in [0.05, 0.1) is 13.7 Å². The van der Waals surface area contributed by atoms with Gasteiger partial charge in [-0.25, -0.2) is 9.07 Å². The number of hydrogen-bond acceptors (Lipinski definition) is 6. The summed E-state index contributed by atoms with van der Waals surface area (Å²) in [5.74, 6) is 1.18. The molecule has 3 aromatic carbocycles. The van der Waals surface area contributed by atoms with Crippen molar-refractivity contribution in [2.24, 2.45) is 0 Å². The molecule has 0 amide bonds. The third-order valence-corrected chi connectivity index (χ3v) is 7.09. The summed E-state index contributed by atoms with van der Waals surface area (Å²) in [5.41, 5.74) is 5.48. The Morgan fingerprint density at radius 2 is 1.67 bits per heavy atom. The maximum Gasteiger partial charge on any atom is 0.173 e. The fourth-order valence-corrected chi connectivity index (χ4v) is 4.92. The lowest BCUT2D eigenvalue weighted by Gasteiger charge is -2.40. The Hall–Kier alpha value is -3.78. The highest BCUT2D eigenvalue weighted by Gasteiger charge is 2.32. The summed E-state index contributed by atoms with van der Waals surface area (Å²) in [6.45, 7) is 8.02. The van der Waals surface area contributed by atoms with Gasteiger partial charge >= 0.3 is 0 Å². The molecule has 1 atom stereocenters. The second-order valence-corrected chi connectivity index (χ2v) is 9.21. The smallest absolute Gasteiger partial charge is 0.173 e. The third-order valence-electron chi connectivity index (χ3n) is 7.09. The first-order valence-electron chi connectivity index (χ1n) is 12.2. The first-order valence-corrected chi connectivity index (χ1v) is 12.2. The SMILES string of the molecule is COc1ccc(Cn2nnnc2[C@H](c2ccccc2F)N2CCN(c3cccc(C)c3C)CC2)cc1. The number of aryl methyl sites for hydroxylation is 1. The monoisotopic (exact) mass is 486 g/mol. The highest BCUT2D eigenvalue weighted by atomic mass is 19.1. The van der Waals surface area contributed by atoms with E-state index in [2.05, 4.69) is 57.4 Å². The number of tetrazole rings is 1. The molecule has 1 aliphatic rings. The number of aromatic nitrogens is 4. The first-order chi connectivity index (χ1) is 17.5. The second kappa shape index (κ2) is 10.5. The Kier molecular flexibility index (Phi) is 6.95. The summed E-state index contributed by atoms with van der Waals surface area (Å²) < 4.78 is 22.2. The van der Waals surface area contributed by atoms with Crippen molar-refractivity contribution in [1.82, 2.24) is 25.1 Å². The van der Waals surface area contributed by atoms with Crippen LogP contribution in [-0.4, -0.2) is 58.4 Å². The number of anilines is 1. The Morgan fingerprint density at radius 3 is 2.39 bits per heavy atom. The van der Waals surface area contributed by atoms with E-state index in [9.17, 15) is 0 Å². The molecule has 8 heteroatoms. The maximum atomic E-state index is 15.1. The fraction of sp³-hybridized carbons (Fsp3) is 0.321. The van der Waals surface area contributed by atoms with E-state index in [1.165, 1.54) is 22.9 Å². The van der Waals surface area contributed by atoms with Crippen molar-refractivity contribution < 1.29 is 9.13 Å². The van der Waals surface area contributed by atoms with Gasteiger partial charge in [0.2, 0.25) is 0 Å². The minimum atomic E-state index is -0.389. The zero-order valence-corrected chi connectivity index (χ0v) is 20.9. The molecule has 0 spiro atoms. The Balaban J connectivity index is 1.43. The number of hydrogen-bond donors (Lipinski definition) is 0. The van der Waals surface area contributed by atoms with Crippen molar-refractivity contribution in [2.45, 2.75) is 26.4 Å². The van der Waals surface area contributed by atoms with Crippen LogP contribution in [0, 0.1) is 19.7 Å². The minimum Gasteiger partial charge on any atom is -0.497 e. The normalized spacial score (nSPS) is 15.2. The van der Waals surface area contributed by atoms with Crippen LogP contribution in [-0.2, 0) is 6.54 Å². The zero-order chi connectivity index (χ0) is 25.1. The predicted octanol–water partition coefficient (Wildman–Crippen LogP) is 4.40. The van der Waals surface area contributed by atoms with Crippen LogP contribution in [0.25, 0.3) is 0 Å². The lowest BCUT2D eigenvalue weighted by atomic mass is 10.0. The standard InChI is InChI=1S/C28H31FN6O/c1-20-7-6-10-26(21(20)2)33-15-17-34(18-16-33)27(24-8-4-5-9-25(24)29)28-30-31-32-35(28)19-22-11-13-23(36-3)14-12-22/h4-14,27H,15-19H2,1-3H3/t27-/m0/s1. The van der Waals surface area contributed by atoms with Crippen LogP contribution < -0.4 is 9.64 Å². The van der Waals surface area contributed by atoms with Crippen LogP contribution in [0.15, 0.2) is 66.7 Å². The van der Waals surface area contributed by atoms with Crippen LogP contribution in [0.1, 0.15) is 34.1 Å². The number of methoxy groups -OCH3 is 1. The second-order valence-electron chi connectivity index (χ2n) is 9.21. The van der Waals surface area contributed by atoms with E-state index in [0.717, 1.165) is 37.5 Å². The molecule has 1 saturated heterocycles. The molecule has 5 rings (SSSR count). The third kappa shape index (κ3) is 4.81. The summed E-state index contributed by atoms with van der Waals surface area (Å²) in [7, 11) is 1.65. The van der Waals surface area contributed by atoms with Gasteiger partial charge in [-0.1, -0.05) is 42.5 Å². The number of rotatable bonds is 7. The molecule has 1 aromatic heterocycles. The van der Waals surface area contributed by atoms with Crippen LogP contribution >= 0.6 is 0 Å². The van der Waals surface area contributed by atoms with Gasteiger partial charge in [-0.2, -0.15) is 0 Å². The van der Waals surface area contributed by atoms with Crippen LogP contribution in [0.2, 0.25) is 0 Å². The van der Waals surface area contributed by atoms with Crippen LogP contribution in [0.4, 0.5) is 10.1 Å². The van der Waals surface area contributed by atoms with E-state index in [4.69, 9.17) is 4.74 Å². The van der Waals surface area contributed by atoms with Crippen molar-refractivity contribution in [1.29, 1.82) is 0 Å². The number of nitrogens with zero attached hydrogens (tertiary/aromatic N) is 6. The molecule has 1 fully saturated rings. The maximum absolute atomic E-state index is 15.1. The molecule has 0 bridgehead atoms. The van der Waals surface area contributed by atoms with Crippen LogP contribution in [0.5, 0.6) is 5.75 Å². The highest BCUT2D eigenvalue weighted by molar-refractivity contribution is 5.56. The van der Waals surface area contributed by atoms with E-state index >= 15 is 4.39 Å². The first kappa shape index (κ1) is 23.9. The van der Waals surface area contributed by atoms with Gasteiger partial charge in [-0.15, -0.1) is 5.10 Å². The quantitative estimate of drug-likeness (QED) is 0.386. The number of benzene rings is 3. The molecular formula is C28H31FN6O. The van der Waals surface area contributed by atoms with Gasteiger partial charge < -0.3 is 9.64 Å². The summed E-state index contributed by atoms with van der Waals surface area (Å²) in [6.07, 6.45) is 0. The van der Waals surface area contributed by atoms with Gasteiger partial charge in [-0.3, -0.25) is 4.90 Å². The number of ether oxygens (including phenoxy) is 1. The molecule has 1 aliphatic heterocycles. The van der Waals surface area contributed by atoms with Crippen molar-refractivity contribution >= 4 is 5.69 Å². The lowest BCUT2D eigenvalue weighted by molar-refractivity contribution is 0.198. The summed E-state index contributed by atoms with van der Waals surface area (Å²) in [4.78, 5) is 4.70. The largest absolute Gasteiger partial charge is 0.497 e. The lowest BCUT2D eigenvalue weighted by Crippen LogP contribution is -2.48. The average molecular weight is 487 g/mol. The van der Waals surface area contributed by atoms with Gasteiger partial charge in [-0.05, 0) is 65.2 Å². The summed E-state index contributed by atoms with van der Waals surface area (Å²) >= 11 is 0. The van der Waals surface area contributed by atoms with E-state index < -0.39 is 0 Å². The Morgan fingerprint density at radius 1 is 0.917 bits per heavy atom. The van der Waals surface area contributed by atoms with Gasteiger partial charge in [0, 0.05) is 37.4 Å². The molecule has 36 heavy (non-hydrogen) atoms. The molecular weight excluding hydrogens is 455 g/mol. The predicted molar refractivity (Wildman–Crippen MR) is 138 cm³/mol. The van der Waals surface area contributed by atoms with Crippen molar-refractivity contribution in [3.63, 3.8) is 0 Å². The van der Waals surface area contributed by atoms with E-state index in [0.29, 0.717) is 17.9 Å². The molecule has 186 valence electrons. The van der Waals surface area contributed by atoms with Gasteiger partial charge in [0.25, 0.3) is 0 Å². The van der Waals surface area contributed by atoms with Gasteiger partial charge in [0.15, 0.2) is 5.82 Å². The molecule has 4 aromatic rings.